The Labute approximate surface area is 120 Å². The summed E-state index contributed by atoms with van der Waals surface area (Å²) < 4.78 is 0.818. The Morgan fingerprint density at radius 2 is 2.05 bits per heavy atom. The fourth-order valence-corrected chi connectivity index (χ4v) is 3.03. The van der Waals surface area contributed by atoms with Crippen LogP contribution in [0.3, 0.4) is 0 Å². The molecule has 1 heterocycles. The first-order valence-corrected chi connectivity index (χ1v) is 7.78. The number of anilines is 1. The molecule has 0 unspecified atom stereocenters. The molecule has 0 radical (unpaired) electrons. The number of hydrogen-bond donors (Lipinski definition) is 2. The lowest BCUT2D eigenvalue weighted by Gasteiger charge is -2.19. The Bertz CT molecular complexity index is 448. The predicted octanol–water partition coefficient (Wildman–Crippen LogP) is 1.75. The highest BCUT2D eigenvalue weighted by molar-refractivity contribution is 8.01. The monoisotopic (exact) mass is 302 g/mol. The van der Waals surface area contributed by atoms with Crippen molar-refractivity contribution in [2.45, 2.75) is 38.1 Å². The minimum absolute atomic E-state index is 0.00121. The van der Waals surface area contributed by atoms with Gasteiger partial charge in [0.15, 0.2) is 4.34 Å². The van der Waals surface area contributed by atoms with Crippen molar-refractivity contribution in [3.05, 3.63) is 0 Å². The second-order valence-corrected chi connectivity index (χ2v) is 6.71. The van der Waals surface area contributed by atoms with Gasteiger partial charge in [-0.3, -0.25) is 14.9 Å². The molecule has 1 aromatic heterocycles. The average Bonchev–Trinajstić information content (AvgIpc) is 2.73. The Morgan fingerprint density at radius 3 is 2.58 bits per heavy atom. The van der Waals surface area contributed by atoms with E-state index in [2.05, 4.69) is 20.8 Å². The molecule has 0 spiro atoms. The van der Waals surface area contributed by atoms with E-state index in [1.54, 1.807) is 11.8 Å². The number of carbonyl (C=O) groups excluding carboxylic acids is 2. The summed E-state index contributed by atoms with van der Waals surface area (Å²) in [6.45, 7) is 7.16. The van der Waals surface area contributed by atoms with Crippen LogP contribution in [0, 0.1) is 5.92 Å². The summed E-state index contributed by atoms with van der Waals surface area (Å²) in [4.78, 5) is 23.1. The van der Waals surface area contributed by atoms with E-state index in [4.69, 9.17) is 0 Å². The molecular formula is C11H18N4O2S2. The fraction of sp³-hybridized carbons (Fsp3) is 0.636. The van der Waals surface area contributed by atoms with E-state index >= 15 is 0 Å². The lowest BCUT2D eigenvalue weighted by atomic mass is 10.0. The van der Waals surface area contributed by atoms with Crippen LogP contribution in [0.1, 0.15) is 27.7 Å². The number of amides is 2. The molecule has 0 aromatic carbocycles. The summed E-state index contributed by atoms with van der Waals surface area (Å²) >= 11 is 2.90. The molecular weight excluding hydrogens is 284 g/mol. The molecule has 8 heteroatoms. The van der Waals surface area contributed by atoms with E-state index in [1.807, 2.05) is 20.8 Å². The Hall–Kier alpha value is -1.15. The van der Waals surface area contributed by atoms with Gasteiger partial charge in [-0.1, -0.05) is 43.9 Å². The molecule has 19 heavy (non-hydrogen) atoms. The Balaban J connectivity index is 2.67. The third kappa shape index (κ3) is 5.15. The van der Waals surface area contributed by atoms with Gasteiger partial charge in [-0.25, -0.2) is 0 Å². The summed E-state index contributed by atoms with van der Waals surface area (Å²) in [6.07, 6.45) is 0. The molecule has 106 valence electrons. The highest BCUT2D eigenvalue weighted by atomic mass is 32.2. The summed E-state index contributed by atoms with van der Waals surface area (Å²) in [6, 6.07) is -0.566. The Morgan fingerprint density at radius 1 is 1.37 bits per heavy atom. The third-order valence-electron chi connectivity index (χ3n) is 2.21. The van der Waals surface area contributed by atoms with Crippen LogP contribution in [0.15, 0.2) is 4.34 Å². The fourth-order valence-electron chi connectivity index (χ4n) is 1.38. The lowest BCUT2D eigenvalue weighted by Crippen LogP contribution is -2.46. The van der Waals surface area contributed by atoms with Crippen molar-refractivity contribution in [1.29, 1.82) is 0 Å². The van der Waals surface area contributed by atoms with Crippen LogP contribution in [0.2, 0.25) is 0 Å². The molecule has 1 atom stereocenters. The van der Waals surface area contributed by atoms with Crippen molar-refractivity contribution in [2.24, 2.45) is 5.92 Å². The van der Waals surface area contributed by atoms with E-state index in [-0.39, 0.29) is 17.7 Å². The largest absolute Gasteiger partial charge is 0.344 e. The number of thioether (sulfide) groups is 1. The molecule has 6 nitrogen and oxygen atoms in total. The molecule has 1 aromatic rings. The highest BCUT2D eigenvalue weighted by Gasteiger charge is 2.24. The first kappa shape index (κ1) is 15.9. The summed E-state index contributed by atoms with van der Waals surface area (Å²) in [5.41, 5.74) is 0. The molecule has 0 bridgehead atoms. The van der Waals surface area contributed by atoms with Crippen molar-refractivity contribution in [3.8, 4) is 0 Å². The highest BCUT2D eigenvalue weighted by Crippen LogP contribution is 2.25. The lowest BCUT2D eigenvalue weighted by molar-refractivity contribution is -0.126. The van der Waals surface area contributed by atoms with Crippen LogP contribution in [0.25, 0.3) is 0 Å². The average molecular weight is 302 g/mol. The maximum atomic E-state index is 12.1. The van der Waals surface area contributed by atoms with Crippen LogP contribution in [-0.2, 0) is 9.59 Å². The molecule has 2 amide bonds. The molecule has 1 rings (SSSR count). The quantitative estimate of drug-likeness (QED) is 0.618. The van der Waals surface area contributed by atoms with E-state index in [9.17, 15) is 9.59 Å². The Kier molecular flexibility index (Phi) is 6.23. The number of rotatable bonds is 6. The number of hydrogen-bond acceptors (Lipinski definition) is 6. The van der Waals surface area contributed by atoms with Crippen molar-refractivity contribution in [1.82, 2.24) is 15.5 Å². The van der Waals surface area contributed by atoms with Gasteiger partial charge in [0.25, 0.3) is 0 Å². The van der Waals surface area contributed by atoms with Crippen LogP contribution in [0.5, 0.6) is 0 Å². The minimum atomic E-state index is -0.566. The van der Waals surface area contributed by atoms with Gasteiger partial charge < -0.3 is 5.32 Å². The molecule has 0 aliphatic heterocycles. The van der Waals surface area contributed by atoms with E-state index in [0.717, 1.165) is 10.1 Å². The predicted molar refractivity (Wildman–Crippen MR) is 77.4 cm³/mol. The second kappa shape index (κ2) is 7.44. The number of nitrogens with one attached hydrogen (secondary N) is 2. The normalized spacial score (nSPS) is 12.3. The van der Waals surface area contributed by atoms with E-state index in [1.165, 1.54) is 18.3 Å². The topological polar surface area (TPSA) is 84.0 Å². The van der Waals surface area contributed by atoms with Gasteiger partial charge in [-0.05, 0) is 11.7 Å². The standard InChI is InChI=1S/C11H18N4O2S2/c1-5-18-11-15-14-10(19-11)13-9(17)8(6(2)3)12-7(4)16/h6,8H,5H2,1-4H3,(H,12,16)(H,13,14,17)/t8-/m1/s1. The number of nitrogens with zero attached hydrogens (tertiary/aromatic N) is 2. The molecule has 0 fully saturated rings. The zero-order chi connectivity index (χ0) is 14.4. The van der Waals surface area contributed by atoms with E-state index in [0.29, 0.717) is 5.13 Å². The van der Waals surface area contributed by atoms with Gasteiger partial charge >= 0.3 is 0 Å². The summed E-state index contributed by atoms with van der Waals surface area (Å²) in [7, 11) is 0. The van der Waals surface area contributed by atoms with Crippen LogP contribution < -0.4 is 10.6 Å². The molecule has 0 aliphatic rings. The first-order valence-electron chi connectivity index (χ1n) is 5.98. The zero-order valence-electron chi connectivity index (χ0n) is 11.4. The van der Waals surface area contributed by atoms with Crippen molar-refractivity contribution < 1.29 is 9.59 Å². The molecule has 0 aliphatic carbocycles. The first-order chi connectivity index (χ1) is 8.93. The molecule has 0 saturated carbocycles. The number of carbonyl (C=O) groups is 2. The minimum Gasteiger partial charge on any atom is -0.344 e. The SMILES string of the molecule is CCSc1nnc(NC(=O)[C@H](NC(C)=O)C(C)C)s1. The van der Waals surface area contributed by atoms with Gasteiger partial charge in [0.1, 0.15) is 6.04 Å². The maximum Gasteiger partial charge on any atom is 0.249 e. The van der Waals surface area contributed by atoms with E-state index < -0.39 is 6.04 Å². The van der Waals surface area contributed by atoms with Gasteiger partial charge in [0, 0.05) is 6.92 Å². The van der Waals surface area contributed by atoms with Gasteiger partial charge in [0.05, 0.1) is 0 Å². The summed E-state index contributed by atoms with van der Waals surface area (Å²) in [5, 5.41) is 13.6. The van der Waals surface area contributed by atoms with Crippen LogP contribution >= 0.6 is 23.1 Å². The van der Waals surface area contributed by atoms with Crippen molar-refractivity contribution in [3.63, 3.8) is 0 Å². The maximum absolute atomic E-state index is 12.1. The number of aromatic nitrogens is 2. The second-order valence-electron chi connectivity index (χ2n) is 4.22. The summed E-state index contributed by atoms with van der Waals surface area (Å²) in [5.74, 6) is 0.410. The van der Waals surface area contributed by atoms with Crippen LogP contribution in [0.4, 0.5) is 5.13 Å². The molecule has 2 N–H and O–H groups in total. The van der Waals surface area contributed by atoms with Gasteiger partial charge in [0.2, 0.25) is 16.9 Å². The zero-order valence-corrected chi connectivity index (χ0v) is 13.0. The van der Waals surface area contributed by atoms with Gasteiger partial charge in [-0.15, -0.1) is 10.2 Å². The van der Waals surface area contributed by atoms with Crippen LogP contribution in [-0.4, -0.2) is 33.8 Å². The van der Waals surface area contributed by atoms with Crippen molar-refractivity contribution >= 4 is 40.0 Å². The molecule has 0 saturated heterocycles. The van der Waals surface area contributed by atoms with Gasteiger partial charge in [-0.2, -0.15) is 0 Å². The third-order valence-corrected chi connectivity index (χ3v) is 4.07. The smallest absolute Gasteiger partial charge is 0.249 e. The van der Waals surface area contributed by atoms with Crippen molar-refractivity contribution in [2.75, 3.05) is 11.1 Å².